The molecule has 0 aromatic carbocycles. The van der Waals surface area contributed by atoms with Crippen molar-refractivity contribution in [2.24, 2.45) is 34.5 Å². The van der Waals surface area contributed by atoms with Crippen LogP contribution in [0, 0.1) is 34.5 Å². The second-order valence-corrected chi connectivity index (χ2v) is 9.79. The van der Waals surface area contributed by atoms with Gasteiger partial charge < -0.3 is 4.74 Å². The standard InChI is InChI=1S/C22H34O3/c1-4-20(24)25-19-10-9-15-14-7-8-17-18(23)6-5-12-21(17,2)16(14)11-13-22(15,19)3/h14-17,19H,4-13H2,1-3H3/t14-,15-,16-,17-,19-,21+,22-/m0/s1. The number of Topliss-reactive ketones (excluding diaryl/α,β-unsaturated/α-hetero) is 1. The van der Waals surface area contributed by atoms with Crippen molar-refractivity contribution in [3.05, 3.63) is 0 Å². The van der Waals surface area contributed by atoms with Crippen LogP contribution in [0.25, 0.3) is 0 Å². The van der Waals surface area contributed by atoms with Crippen LogP contribution in [0.3, 0.4) is 0 Å². The van der Waals surface area contributed by atoms with E-state index in [9.17, 15) is 9.59 Å². The Balaban J connectivity index is 1.58. The molecule has 0 aromatic rings. The summed E-state index contributed by atoms with van der Waals surface area (Å²) in [6, 6.07) is 0. The fourth-order valence-corrected chi connectivity index (χ4v) is 7.55. The van der Waals surface area contributed by atoms with Crippen LogP contribution in [-0.2, 0) is 14.3 Å². The average Bonchev–Trinajstić information content (AvgIpc) is 2.91. The van der Waals surface area contributed by atoms with E-state index in [2.05, 4.69) is 13.8 Å². The lowest BCUT2D eigenvalue weighted by Crippen LogP contribution is -2.55. The van der Waals surface area contributed by atoms with E-state index in [0.717, 1.165) is 38.0 Å². The van der Waals surface area contributed by atoms with Crippen molar-refractivity contribution in [2.75, 3.05) is 0 Å². The lowest BCUT2D eigenvalue weighted by atomic mass is 9.45. The van der Waals surface area contributed by atoms with Crippen LogP contribution in [0.4, 0.5) is 0 Å². The molecular weight excluding hydrogens is 312 g/mol. The third-order valence-corrected chi connectivity index (χ3v) is 8.87. The molecule has 0 bridgehead atoms. The highest BCUT2D eigenvalue weighted by Crippen LogP contribution is 2.66. The van der Waals surface area contributed by atoms with Crippen molar-refractivity contribution in [1.29, 1.82) is 0 Å². The summed E-state index contributed by atoms with van der Waals surface area (Å²) < 4.78 is 5.87. The predicted octanol–water partition coefficient (Wildman–Crippen LogP) is 4.92. The van der Waals surface area contributed by atoms with E-state index in [0.29, 0.717) is 30.0 Å². The van der Waals surface area contributed by atoms with E-state index in [-0.39, 0.29) is 22.9 Å². The maximum atomic E-state index is 12.5. The molecule has 0 heterocycles. The van der Waals surface area contributed by atoms with E-state index < -0.39 is 0 Å². The molecule has 0 N–H and O–H groups in total. The van der Waals surface area contributed by atoms with Crippen molar-refractivity contribution >= 4 is 11.8 Å². The number of fused-ring (bicyclic) bond motifs is 5. The third kappa shape index (κ3) is 2.51. The Labute approximate surface area is 152 Å². The first-order chi connectivity index (χ1) is 11.9. The van der Waals surface area contributed by atoms with Crippen LogP contribution in [0.5, 0.6) is 0 Å². The number of hydrogen-bond donors (Lipinski definition) is 0. The van der Waals surface area contributed by atoms with Crippen molar-refractivity contribution in [3.63, 3.8) is 0 Å². The van der Waals surface area contributed by atoms with Gasteiger partial charge in [0, 0.05) is 24.2 Å². The molecule has 0 aromatic heterocycles. The van der Waals surface area contributed by atoms with Crippen LogP contribution in [0.15, 0.2) is 0 Å². The Morgan fingerprint density at radius 3 is 2.56 bits per heavy atom. The molecule has 0 saturated heterocycles. The molecule has 4 fully saturated rings. The first-order valence-corrected chi connectivity index (χ1v) is 10.6. The Morgan fingerprint density at radius 2 is 1.80 bits per heavy atom. The van der Waals surface area contributed by atoms with Crippen LogP contribution in [0.1, 0.15) is 85.0 Å². The number of ketones is 1. The topological polar surface area (TPSA) is 43.4 Å². The fraction of sp³-hybridized carbons (Fsp3) is 0.909. The van der Waals surface area contributed by atoms with Gasteiger partial charge in [0.1, 0.15) is 11.9 Å². The minimum absolute atomic E-state index is 0.0393. The molecule has 4 aliphatic rings. The highest BCUT2D eigenvalue weighted by Gasteiger charge is 2.61. The smallest absolute Gasteiger partial charge is 0.305 e. The first-order valence-electron chi connectivity index (χ1n) is 10.6. The largest absolute Gasteiger partial charge is 0.462 e. The van der Waals surface area contributed by atoms with Crippen molar-refractivity contribution in [1.82, 2.24) is 0 Å². The van der Waals surface area contributed by atoms with Crippen molar-refractivity contribution in [2.45, 2.75) is 91.1 Å². The van der Waals surface area contributed by atoms with Gasteiger partial charge in [-0.15, -0.1) is 0 Å². The second kappa shape index (κ2) is 6.09. The molecule has 7 atom stereocenters. The van der Waals surface area contributed by atoms with E-state index in [1.807, 2.05) is 6.92 Å². The summed E-state index contributed by atoms with van der Waals surface area (Å²) in [4.78, 5) is 24.4. The quantitative estimate of drug-likeness (QED) is 0.667. The number of esters is 1. The summed E-state index contributed by atoms with van der Waals surface area (Å²) in [6.07, 6.45) is 10.7. The molecule has 4 rings (SSSR count). The zero-order chi connectivity index (χ0) is 17.8. The first kappa shape index (κ1) is 17.5. The maximum absolute atomic E-state index is 12.5. The van der Waals surface area contributed by atoms with Gasteiger partial charge in [0.15, 0.2) is 0 Å². The number of carbonyl (C=O) groups is 2. The third-order valence-electron chi connectivity index (χ3n) is 8.87. The van der Waals surface area contributed by atoms with Crippen LogP contribution in [-0.4, -0.2) is 17.9 Å². The minimum atomic E-state index is -0.0393. The van der Waals surface area contributed by atoms with E-state index in [1.54, 1.807) is 0 Å². The van der Waals surface area contributed by atoms with E-state index >= 15 is 0 Å². The molecular formula is C22H34O3. The molecule has 0 amide bonds. The monoisotopic (exact) mass is 346 g/mol. The van der Waals surface area contributed by atoms with E-state index in [4.69, 9.17) is 4.74 Å². The number of hydrogen-bond acceptors (Lipinski definition) is 3. The Kier molecular flexibility index (Phi) is 4.28. The minimum Gasteiger partial charge on any atom is -0.462 e. The molecule has 0 unspecified atom stereocenters. The molecule has 0 spiro atoms. The van der Waals surface area contributed by atoms with Crippen molar-refractivity contribution in [3.8, 4) is 0 Å². The molecule has 25 heavy (non-hydrogen) atoms. The summed E-state index contributed by atoms with van der Waals surface area (Å²) in [5.41, 5.74) is 0.394. The van der Waals surface area contributed by atoms with Gasteiger partial charge in [0.2, 0.25) is 0 Å². The Morgan fingerprint density at radius 1 is 1.04 bits per heavy atom. The highest BCUT2D eigenvalue weighted by molar-refractivity contribution is 5.82. The van der Waals surface area contributed by atoms with E-state index in [1.165, 1.54) is 25.7 Å². The predicted molar refractivity (Wildman–Crippen MR) is 96.9 cm³/mol. The molecule has 3 heteroatoms. The van der Waals surface area contributed by atoms with Crippen LogP contribution >= 0.6 is 0 Å². The number of carbonyl (C=O) groups excluding carboxylic acids is 2. The van der Waals surface area contributed by atoms with Gasteiger partial charge in [0.05, 0.1) is 0 Å². The lowest BCUT2D eigenvalue weighted by Gasteiger charge is -2.59. The highest BCUT2D eigenvalue weighted by atomic mass is 16.5. The van der Waals surface area contributed by atoms with Crippen molar-refractivity contribution < 1.29 is 14.3 Å². The molecule has 0 radical (unpaired) electrons. The molecule has 4 saturated carbocycles. The maximum Gasteiger partial charge on any atom is 0.305 e. The SMILES string of the molecule is CCC(=O)O[C@H]1CC[C@H]2[C@@H]3CC[C@H]4C(=O)CCC[C@]4(C)[C@H]3CC[C@]12C. The van der Waals surface area contributed by atoms with Gasteiger partial charge in [0.25, 0.3) is 0 Å². The van der Waals surface area contributed by atoms with Gasteiger partial charge in [-0.25, -0.2) is 0 Å². The molecule has 3 nitrogen and oxygen atoms in total. The van der Waals surface area contributed by atoms with Gasteiger partial charge in [-0.1, -0.05) is 20.8 Å². The molecule has 140 valence electrons. The van der Waals surface area contributed by atoms with Gasteiger partial charge in [-0.2, -0.15) is 0 Å². The summed E-state index contributed by atoms with van der Waals surface area (Å²) in [5.74, 6) is 2.94. The molecule has 4 aliphatic carbocycles. The van der Waals surface area contributed by atoms with Gasteiger partial charge >= 0.3 is 5.97 Å². The number of rotatable bonds is 2. The second-order valence-electron chi connectivity index (χ2n) is 9.79. The van der Waals surface area contributed by atoms with Gasteiger partial charge in [-0.05, 0) is 74.5 Å². The summed E-state index contributed by atoms with van der Waals surface area (Å²) in [5, 5.41) is 0. The zero-order valence-electron chi connectivity index (χ0n) is 16.2. The molecule has 0 aliphatic heterocycles. The normalized spacial score (nSPS) is 49.1. The fourth-order valence-electron chi connectivity index (χ4n) is 7.55. The summed E-state index contributed by atoms with van der Waals surface area (Å²) >= 11 is 0. The van der Waals surface area contributed by atoms with Gasteiger partial charge in [-0.3, -0.25) is 9.59 Å². The average molecular weight is 347 g/mol. The Hall–Kier alpha value is -0.860. The summed E-state index contributed by atoms with van der Waals surface area (Å²) in [7, 11) is 0. The number of ether oxygens (including phenoxy) is 1. The summed E-state index contributed by atoms with van der Waals surface area (Å²) in [6.45, 7) is 6.70. The van der Waals surface area contributed by atoms with Crippen LogP contribution in [0.2, 0.25) is 0 Å². The lowest BCUT2D eigenvalue weighted by molar-refractivity contribution is -0.166. The Bertz CT molecular complexity index is 570. The van der Waals surface area contributed by atoms with Crippen LogP contribution < -0.4 is 0 Å². The zero-order valence-corrected chi connectivity index (χ0v) is 16.2.